The zero-order valence-corrected chi connectivity index (χ0v) is 12.3. The minimum Gasteiger partial charge on any atom is -0.380 e. The summed E-state index contributed by atoms with van der Waals surface area (Å²) in [5, 5.41) is 14.1. The van der Waals surface area contributed by atoms with Crippen molar-refractivity contribution in [3.8, 4) is 0 Å². The maximum absolute atomic E-state index is 10.8. The van der Waals surface area contributed by atoms with Crippen LogP contribution in [0.25, 0.3) is 0 Å². The summed E-state index contributed by atoms with van der Waals surface area (Å²) < 4.78 is 0. The summed E-state index contributed by atoms with van der Waals surface area (Å²) in [5.41, 5.74) is 2.02. The molecule has 0 saturated heterocycles. The quantitative estimate of drug-likeness (QED) is 0.354. The highest BCUT2D eigenvalue weighted by Gasteiger charge is 2.06. The molecule has 21 heavy (non-hydrogen) atoms. The van der Waals surface area contributed by atoms with Gasteiger partial charge in [0.15, 0.2) is 0 Å². The van der Waals surface area contributed by atoms with Crippen LogP contribution in [0.15, 0.2) is 66.1 Å². The molecule has 0 aliphatic carbocycles. The first-order valence-corrected chi connectivity index (χ1v) is 7.49. The Morgan fingerprint density at radius 2 is 2.05 bits per heavy atom. The van der Waals surface area contributed by atoms with Crippen molar-refractivity contribution in [1.82, 2.24) is 0 Å². The largest absolute Gasteiger partial charge is 0.380 e. The van der Waals surface area contributed by atoms with Gasteiger partial charge in [-0.15, -0.1) is 18.3 Å². The number of para-hydroxylation sites is 1. The van der Waals surface area contributed by atoms with E-state index in [-0.39, 0.29) is 10.6 Å². The van der Waals surface area contributed by atoms with E-state index >= 15 is 0 Å². The molecule has 0 aliphatic rings. The van der Waals surface area contributed by atoms with Crippen LogP contribution in [-0.2, 0) is 6.54 Å². The third-order valence-corrected chi connectivity index (χ3v) is 3.92. The van der Waals surface area contributed by atoms with Crippen molar-refractivity contribution >= 4 is 23.1 Å². The predicted molar refractivity (Wildman–Crippen MR) is 87.8 cm³/mol. The van der Waals surface area contributed by atoms with Gasteiger partial charge in [0, 0.05) is 35.0 Å². The van der Waals surface area contributed by atoms with Gasteiger partial charge in [-0.05, 0) is 17.7 Å². The molecule has 0 fully saturated rings. The fraction of sp³-hybridized carbons (Fsp3) is 0.125. The highest BCUT2D eigenvalue weighted by Crippen LogP contribution is 2.27. The SMILES string of the molecule is C=CCSc1ccccc1NCc1cccc([N+](=O)[O-])c1. The Morgan fingerprint density at radius 1 is 1.24 bits per heavy atom. The summed E-state index contributed by atoms with van der Waals surface area (Å²) in [6.07, 6.45) is 1.86. The van der Waals surface area contributed by atoms with E-state index in [0.717, 1.165) is 21.9 Å². The van der Waals surface area contributed by atoms with Gasteiger partial charge >= 0.3 is 0 Å². The highest BCUT2D eigenvalue weighted by atomic mass is 32.2. The van der Waals surface area contributed by atoms with Crippen LogP contribution in [0, 0.1) is 10.1 Å². The standard InChI is InChI=1S/C16H16N2O2S/c1-2-10-21-16-9-4-3-8-15(16)17-12-13-6-5-7-14(11-13)18(19)20/h2-9,11,17H,1,10,12H2. The van der Waals surface area contributed by atoms with Crippen molar-refractivity contribution in [3.05, 3.63) is 76.9 Å². The molecule has 0 spiro atoms. The van der Waals surface area contributed by atoms with Gasteiger partial charge in [0.05, 0.1) is 4.92 Å². The zero-order valence-electron chi connectivity index (χ0n) is 11.5. The molecule has 0 heterocycles. The predicted octanol–water partition coefficient (Wildman–Crippen LogP) is 4.49. The number of nitrogens with one attached hydrogen (secondary N) is 1. The number of non-ortho nitro benzene ring substituents is 1. The Labute approximate surface area is 128 Å². The molecule has 0 aromatic heterocycles. The lowest BCUT2D eigenvalue weighted by atomic mass is 10.2. The van der Waals surface area contributed by atoms with Crippen LogP contribution in [-0.4, -0.2) is 10.7 Å². The van der Waals surface area contributed by atoms with Gasteiger partial charge in [-0.3, -0.25) is 10.1 Å². The first-order chi connectivity index (χ1) is 10.2. The van der Waals surface area contributed by atoms with Crippen molar-refractivity contribution in [2.45, 2.75) is 11.4 Å². The summed E-state index contributed by atoms with van der Waals surface area (Å²) in [6, 6.07) is 14.7. The number of thioether (sulfide) groups is 1. The van der Waals surface area contributed by atoms with Gasteiger partial charge in [-0.2, -0.15) is 0 Å². The Bertz CT molecular complexity index is 644. The van der Waals surface area contributed by atoms with E-state index in [1.807, 2.05) is 36.4 Å². The second-order valence-corrected chi connectivity index (χ2v) is 5.44. The van der Waals surface area contributed by atoms with Crippen molar-refractivity contribution < 1.29 is 4.92 Å². The van der Waals surface area contributed by atoms with E-state index in [2.05, 4.69) is 11.9 Å². The van der Waals surface area contributed by atoms with Gasteiger partial charge in [-0.25, -0.2) is 0 Å². The molecule has 0 aliphatic heterocycles. The zero-order chi connectivity index (χ0) is 15.1. The van der Waals surface area contributed by atoms with Gasteiger partial charge in [0.1, 0.15) is 0 Å². The summed E-state index contributed by atoms with van der Waals surface area (Å²) in [4.78, 5) is 11.5. The molecule has 108 valence electrons. The molecule has 2 aromatic rings. The van der Waals surface area contributed by atoms with Gasteiger partial charge < -0.3 is 5.32 Å². The van der Waals surface area contributed by atoms with Crippen LogP contribution in [0.1, 0.15) is 5.56 Å². The maximum atomic E-state index is 10.8. The minimum atomic E-state index is -0.378. The smallest absolute Gasteiger partial charge is 0.269 e. The van der Waals surface area contributed by atoms with E-state index in [1.54, 1.807) is 23.9 Å². The second-order valence-electron chi connectivity index (χ2n) is 4.38. The van der Waals surface area contributed by atoms with Crippen LogP contribution in [0.3, 0.4) is 0 Å². The molecule has 5 heteroatoms. The lowest BCUT2D eigenvalue weighted by Crippen LogP contribution is -2.01. The number of hydrogen-bond acceptors (Lipinski definition) is 4. The summed E-state index contributed by atoms with van der Waals surface area (Å²) >= 11 is 1.70. The van der Waals surface area contributed by atoms with Crippen LogP contribution in [0.4, 0.5) is 11.4 Å². The highest BCUT2D eigenvalue weighted by molar-refractivity contribution is 7.99. The molecule has 4 nitrogen and oxygen atoms in total. The minimum absolute atomic E-state index is 0.114. The molecule has 2 aromatic carbocycles. The first-order valence-electron chi connectivity index (χ1n) is 6.50. The molecule has 1 N–H and O–H groups in total. The van der Waals surface area contributed by atoms with Crippen LogP contribution in [0.2, 0.25) is 0 Å². The van der Waals surface area contributed by atoms with E-state index in [0.29, 0.717) is 6.54 Å². The summed E-state index contributed by atoms with van der Waals surface area (Å²) in [5.74, 6) is 0.843. The Kier molecular flexibility index (Phi) is 5.40. The molecular formula is C16H16N2O2S. The van der Waals surface area contributed by atoms with Crippen molar-refractivity contribution in [1.29, 1.82) is 0 Å². The Balaban J connectivity index is 2.07. The van der Waals surface area contributed by atoms with Crippen molar-refractivity contribution in [3.63, 3.8) is 0 Å². The summed E-state index contributed by atoms with van der Waals surface area (Å²) in [6.45, 7) is 4.27. The Hall–Kier alpha value is -2.27. The second kappa shape index (κ2) is 7.50. The van der Waals surface area contributed by atoms with E-state index in [9.17, 15) is 10.1 Å². The van der Waals surface area contributed by atoms with Crippen LogP contribution < -0.4 is 5.32 Å². The molecule has 0 amide bonds. The number of benzene rings is 2. The van der Waals surface area contributed by atoms with Gasteiger partial charge in [-0.1, -0.05) is 30.3 Å². The lowest BCUT2D eigenvalue weighted by Gasteiger charge is -2.11. The number of hydrogen-bond donors (Lipinski definition) is 1. The average molecular weight is 300 g/mol. The van der Waals surface area contributed by atoms with Crippen molar-refractivity contribution in [2.75, 3.05) is 11.1 Å². The number of nitrogens with zero attached hydrogens (tertiary/aromatic N) is 1. The molecule has 0 bridgehead atoms. The monoisotopic (exact) mass is 300 g/mol. The molecule has 0 radical (unpaired) electrons. The van der Waals surface area contributed by atoms with E-state index < -0.39 is 0 Å². The third-order valence-electron chi connectivity index (χ3n) is 2.85. The number of nitro groups is 1. The molecule has 0 unspecified atom stereocenters. The Morgan fingerprint density at radius 3 is 2.81 bits per heavy atom. The normalized spacial score (nSPS) is 10.1. The summed E-state index contributed by atoms with van der Waals surface area (Å²) in [7, 11) is 0. The average Bonchev–Trinajstić information content (AvgIpc) is 2.52. The molecular weight excluding hydrogens is 284 g/mol. The van der Waals surface area contributed by atoms with Crippen LogP contribution in [0.5, 0.6) is 0 Å². The first kappa shape index (κ1) is 15.1. The maximum Gasteiger partial charge on any atom is 0.269 e. The van der Waals surface area contributed by atoms with Crippen molar-refractivity contribution in [2.24, 2.45) is 0 Å². The molecule has 0 saturated carbocycles. The fourth-order valence-electron chi connectivity index (χ4n) is 1.86. The topological polar surface area (TPSA) is 55.2 Å². The fourth-order valence-corrected chi connectivity index (χ4v) is 2.63. The van der Waals surface area contributed by atoms with Crippen LogP contribution >= 0.6 is 11.8 Å². The van der Waals surface area contributed by atoms with Gasteiger partial charge in [0.25, 0.3) is 5.69 Å². The molecule has 2 rings (SSSR count). The number of rotatable bonds is 7. The third kappa shape index (κ3) is 4.36. The molecule has 0 atom stereocenters. The van der Waals surface area contributed by atoms with Gasteiger partial charge in [0.2, 0.25) is 0 Å². The van der Waals surface area contributed by atoms with E-state index in [1.165, 1.54) is 6.07 Å². The van der Waals surface area contributed by atoms with E-state index in [4.69, 9.17) is 0 Å². The lowest BCUT2D eigenvalue weighted by molar-refractivity contribution is -0.384. The number of nitro benzene ring substituents is 1. The number of anilines is 1.